The maximum Gasteiger partial charge on any atom is 0.308 e. The van der Waals surface area contributed by atoms with Gasteiger partial charge < -0.3 is 9.84 Å². The Morgan fingerprint density at radius 1 is 1.29 bits per heavy atom. The van der Waals surface area contributed by atoms with Crippen molar-refractivity contribution in [2.75, 3.05) is 26.7 Å². The zero-order valence-electron chi connectivity index (χ0n) is 20.2. The second-order valence-corrected chi connectivity index (χ2v) is 9.17. The number of benzene rings is 2. The van der Waals surface area contributed by atoms with Crippen molar-refractivity contribution in [1.29, 1.82) is 0 Å². The van der Waals surface area contributed by atoms with E-state index in [1.54, 1.807) is 25.4 Å². The molecule has 1 unspecified atom stereocenters. The van der Waals surface area contributed by atoms with E-state index in [0.717, 1.165) is 35.0 Å². The zero-order valence-corrected chi connectivity index (χ0v) is 20.2. The average Bonchev–Trinajstić information content (AvgIpc) is 2.88. The van der Waals surface area contributed by atoms with Gasteiger partial charge in [0.2, 0.25) is 0 Å². The Hall–Kier alpha value is -3.43. The van der Waals surface area contributed by atoms with Crippen LogP contribution >= 0.6 is 0 Å². The van der Waals surface area contributed by atoms with Crippen LogP contribution in [-0.2, 0) is 4.79 Å². The van der Waals surface area contributed by atoms with Crippen molar-refractivity contribution in [3.8, 4) is 17.6 Å². The highest BCUT2D eigenvalue weighted by Crippen LogP contribution is 2.35. The number of methoxy groups -OCH3 is 1. The SMILES string of the molecule is COc1ccc2nccc(C(F)CC[C@@H]3CCN(CC#Cc4ccccc4C)C[C@@H]3C(=O)O)c2c1. The predicted octanol–water partition coefficient (Wildman–Crippen LogP) is 5.42. The van der Waals surface area contributed by atoms with Crippen molar-refractivity contribution in [3.05, 3.63) is 71.4 Å². The Bertz CT molecular complexity index is 1250. The number of alkyl halides is 1. The number of likely N-dealkylation sites (tertiary alicyclic amines) is 1. The first kappa shape index (κ1) is 24.7. The standard InChI is InChI=1S/C29H31FN2O3/c1-20-6-3-4-7-21(20)8-5-16-32-17-14-22(26(19-32)29(33)34)9-11-27(30)24-13-15-31-28-12-10-23(35-2)18-25(24)28/h3-4,6-7,10,12-13,15,18,22,26-27H,9,11,14,16-17,19H2,1-2H3,(H,33,34)/t22-,26+,27?/m1/s1. The molecule has 0 radical (unpaired) electrons. The number of rotatable bonds is 7. The lowest BCUT2D eigenvalue weighted by molar-refractivity contribution is -0.146. The number of hydrogen-bond donors (Lipinski definition) is 1. The van der Waals surface area contributed by atoms with E-state index in [1.165, 1.54) is 0 Å². The summed E-state index contributed by atoms with van der Waals surface area (Å²) in [6.45, 7) is 3.76. The van der Waals surface area contributed by atoms with E-state index < -0.39 is 18.1 Å². The van der Waals surface area contributed by atoms with Crippen LogP contribution in [0.2, 0.25) is 0 Å². The van der Waals surface area contributed by atoms with Gasteiger partial charge in [-0.3, -0.25) is 14.7 Å². The molecule has 0 saturated carbocycles. The molecular formula is C29H31FN2O3. The van der Waals surface area contributed by atoms with Gasteiger partial charge in [0.15, 0.2) is 0 Å². The molecule has 4 rings (SSSR count). The van der Waals surface area contributed by atoms with E-state index >= 15 is 4.39 Å². The van der Waals surface area contributed by atoms with Crippen molar-refractivity contribution in [2.24, 2.45) is 11.8 Å². The van der Waals surface area contributed by atoms with E-state index in [0.29, 0.717) is 30.8 Å². The fourth-order valence-electron chi connectivity index (χ4n) is 4.86. The third kappa shape index (κ3) is 5.98. The Kier molecular flexibility index (Phi) is 7.99. The molecule has 5 nitrogen and oxygen atoms in total. The summed E-state index contributed by atoms with van der Waals surface area (Å²) >= 11 is 0. The van der Waals surface area contributed by atoms with Gasteiger partial charge >= 0.3 is 5.97 Å². The van der Waals surface area contributed by atoms with Crippen LogP contribution in [0.1, 0.15) is 42.1 Å². The first-order chi connectivity index (χ1) is 17.0. The first-order valence-corrected chi connectivity index (χ1v) is 12.0. The minimum atomic E-state index is -1.19. The number of fused-ring (bicyclic) bond motifs is 1. The molecule has 1 aliphatic rings. The molecule has 182 valence electrons. The van der Waals surface area contributed by atoms with Crippen LogP contribution in [0.4, 0.5) is 4.39 Å². The third-order valence-corrected chi connectivity index (χ3v) is 6.94. The van der Waals surface area contributed by atoms with Crippen molar-refractivity contribution in [2.45, 2.75) is 32.4 Å². The largest absolute Gasteiger partial charge is 0.497 e. The number of carbonyl (C=O) groups is 1. The lowest BCUT2D eigenvalue weighted by Gasteiger charge is -2.35. The fourth-order valence-corrected chi connectivity index (χ4v) is 4.86. The highest BCUT2D eigenvalue weighted by atomic mass is 19.1. The second kappa shape index (κ2) is 11.3. The van der Waals surface area contributed by atoms with Crippen LogP contribution < -0.4 is 4.74 Å². The summed E-state index contributed by atoms with van der Waals surface area (Å²) in [6.07, 6.45) is 1.94. The van der Waals surface area contributed by atoms with Gasteiger partial charge in [0.05, 0.1) is 25.1 Å². The molecule has 3 atom stereocenters. The van der Waals surface area contributed by atoms with Crippen molar-refractivity contribution < 1.29 is 19.0 Å². The predicted molar refractivity (Wildman–Crippen MR) is 135 cm³/mol. The number of hydrogen-bond acceptors (Lipinski definition) is 4. The van der Waals surface area contributed by atoms with Gasteiger partial charge in [-0.2, -0.15) is 0 Å². The third-order valence-electron chi connectivity index (χ3n) is 6.94. The maximum atomic E-state index is 15.4. The summed E-state index contributed by atoms with van der Waals surface area (Å²) in [5.74, 6) is 5.64. The highest BCUT2D eigenvalue weighted by Gasteiger charge is 2.34. The molecule has 0 bridgehead atoms. The first-order valence-electron chi connectivity index (χ1n) is 12.0. The van der Waals surface area contributed by atoms with Crippen LogP contribution in [-0.4, -0.2) is 47.7 Å². The van der Waals surface area contributed by atoms with Gasteiger partial charge in [-0.25, -0.2) is 4.39 Å². The lowest BCUT2D eigenvalue weighted by atomic mass is 9.81. The van der Waals surface area contributed by atoms with E-state index in [4.69, 9.17) is 4.74 Å². The second-order valence-electron chi connectivity index (χ2n) is 9.17. The van der Waals surface area contributed by atoms with E-state index in [9.17, 15) is 9.90 Å². The number of piperidine rings is 1. The van der Waals surface area contributed by atoms with Crippen molar-refractivity contribution in [1.82, 2.24) is 9.88 Å². The molecule has 3 aromatic rings. The van der Waals surface area contributed by atoms with Crippen LogP contribution in [0.15, 0.2) is 54.7 Å². The Labute approximate surface area is 205 Å². The number of halogens is 1. The molecule has 35 heavy (non-hydrogen) atoms. The number of carboxylic acid groups (broad SMARTS) is 1. The number of aromatic nitrogens is 1. The van der Waals surface area contributed by atoms with Crippen LogP contribution in [0, 0.1) is 30.6 Å². The maximum absolute atomic E-state index is 15.4. The molecule has 1 saturated heterocycles. The Balaban J connectivity index is 1.38. The summed E-state index contributed by atoms with van der Waals surface area (Å²) in [7, 11) is 1.58. The summed E-state index contributed by atoms with van der Waals surface area (Å²) in [4.78, 5) is 18.5. The summed E-state index contributed by atoms with van der Waals surface area (Å²) in [5, 5.41) is 10.6. The number of aliphatic carboxylic acids is 1. The summed E-state index contributed by atoms with van der Waals surface area (Å²) < 4.78 is 20.7. The monoisotopic (exact) mass is 474 g/mol. The molecule has 2 aromatic carbocycles. The minimum absolute atomic E-state index is 0.0611. The number of pyridine rings is 1. The molecule has 1 aromatic heterocycles. The van der Waals surface area contributed by atoms with Gasteiger partial charge in [-0.05, 0) is 80.1 Å². The highest BCUT2D eigenvalue weighted by molar-refractivity contribution is 5.83. The molecule has 2 heterocycles. The van der Waals surface area contributed by atoms with Gasteiger partial charge in [-0.1, -0.05) is 30.0 Å². The average molecular weight is 475 g/mol. The van der Waals surface area contributed by atoms with E-state index in [-0.39, 0.29) is 12.3 Å². The zero-order chi connectivity index (χ0) is 24.8. The van der Waals surface area contributed by atoms with Gasteiger partial charge in [0, 0.05) is 23.7 Å². The summed E-state index contributed by atoms with van der Waals surface area (Å²) in [5.41, 5.74) is 3.41. The van der Waals surface area contributed by atoms with Crippen molar-refractivity contribution >= 4 is 16.9 Å². The molecule has 1 N–H and O–H groups in total. The number of carboxylic acids is 1. The van der Waals surface area contributed by atoms with Crippen LogP contribution in [0.3, 0.4) is 0 Å². The van der Waals surface area contributed by atoms with Gasteiger partial charge in [-0.15, -0.1) is 0 Å². The molecule has 1 fully saturated rings. The van der Waals surface area contributed by atoms with Crippen LogP contribution in [0.5, 0.6) is 5.75 Å². The van der Waals surface area contributed by atoms with E-state index in [1.807, 2.05) is 43.3 Å². The van der Waals surface area contributed by atoms with Crippen LogP contribution in [0.25, 0.3) is 10.9 Å². The topological polar surface area (TPSA) is 62.7 Å². The van der Waals surface area contributed by atoms with Gasteiger partial charge in [0.25, 0.3) is 0 Å². The molecule has 0 amide bonds. The number of ether oxygens (including phenoxy) is 1. The molecule has 0 aliphatic carbocycles. The Morgan fingerprint density at radius 3 is 2.89 bits per heavy atom. The number of nitrogens with zero attached hydrogens (tertiary/aromatic N) is 2. The molecular weight excluding hydrogens is 443 g/mol. The van der Waals surface area contributed by atoms with Crippen molar-refractivity contribution in [3.63, 3.8) is 0 Å². The molecule has 6 heteroatoms. The quantitative estimate of drug-likeness (QED) is 0.464. The van der Waals surface area contributed by atoms with E-state index in [2.05, 4.69) is 21.7 Å². The fraction of sp³-hybridized carbons (Fsp3) is 0.379. The lowest BCUT2D eigenvalue weighted by Crippen LogP contribution is -2.44. The number of aryl methyl sites for hydroxylation is 1. The normalized spacial score (nSPS) is 19.1. The smallest absolute Gasteiger partial charge is 0.308 e. The minimum Gasteiger partial charge on any atom is -0.497 e. The Morgan fingerprint density at radius 2 is 2.11 bits per heavy atom. The van der Waals surface area contributed by atoms with Gasteiger partial charge in [0.1, 0.15) is 11.9 Å². The molecule has 0 spiro atoms. The summed E-state index contributed by atoms with van der Waals surface area (Å²) in [6, 6.07) is 15.1. The molecule has 1 aliphatic heterocycles.